The smallest absolute Gasteiger partial charge is 0.250 e. The molecule has 1 aromatic heterocycles. The predicted octanol–water partition coefficient (Wildman–Crippen LogP) is 3.45. The Bertz CT molecular complexity index is 615. The first-order chi connectivity index (χ1) is 10.6. The van der Waals surface area contributed by atoms with Crippen molar-refractivity contribution in [2.45, 2.75) is 33.6 Å². The van der Waals surface area contributed by atoms with Crippen molar-refractivity contribution in [1.82, 2.24) is 9.97 Å². The van der Waals surface area contributed by atoms with Crippen molar-refractivity contribution in [3.8, 4) is 11.4 Å². The maximum atomic E-state index is 11.8. The van der Waals surface area contributed by atoms with Crippen LogP contribution in [0.2, 0.25) is 0 Å². The number of carbonyl (C=O) groups excluding carboxylic acids is 1. The Balaban J connectivity index is 1.98. The average Bonchev–Trinajstić information content (AvgIpc) is 2.84. The molecule has 2 aromatic rings. The van der Waals surface area contributed by atoms with Gasteiger partial charge < -0.3 is 15.0 Å². The monoisotopic (exact) mass is 301 g/mol. The first kappa shape index (κ1) is 16.2. The first-order valence-electron chi connectivity index (χ1n) is 7.61. The molecule has 22 heavy (non-hydrogen) atoms. The van der Waals surface area contributed by atoms with E-state index in [2.05, 4.69) is 22.2 Å². The van der Waals surface area contributed by atoms with E-state index in [0.29, 0.717) is 6.61 Å². The number of rotatable bonds is 7. The normalized spacial score (nSPS) is 10.7. The minimum atomic E-state index is -0.139. The molecule has 0 aliphatic rings. The number of nitrogens with zero attached hydrogens (tertiary/aromatic N) is 1. The van der Waals surface area contributed by atoms with Crippen LogP contribution in [0.3, 0.4) is 0 Å². The summed E-state index contributed by atoms with van der Waals surface area (Å²) in [7, 11) is 0. The largest absolute Gasteiger partial charge is 0.372 e. The summed E-state index contributed by atoms with van der Waals surface area (Å²) in [5.41, 5.74) is 3.72. The fraction of sp³-hybridized carbons (Fsp3) is 0.412. The minimum absolute atomic E-state index is 0.0865. The Morgan fingerprint density at radius 1 is 1.36 bits per heavy atom. The maximum Gasteiger partial charge on any atom is 0.250 e. The van der Waals surface area contributed by atoms with Gasteiger partial charge in [0, 0.05) is 23.6 Å². The number of ether oxygens (including phenoxy) is 1. The summed E-state index contributed by atoms with van der Waals surface area (Å²) in [6.45, 7) is 6.75. The third-order valence-electron chi connectivity index (χ3n) is 3.42. The molecule has 0 unspecified atom stereocenters. The molecule has 0 saturated carbocycles. The second kappa shape index (κ2) is 7.75. The van der Waals surface area contributed by atoms with Crippen LogP contribution in [0, 0.1) is 13.8 Å². The van der Waals surface area contributed by atoms with Gasteiger partial charge in [0.1, 0.15) is 12.4 Å². The third-order valence-corrected chi connectivity index (χ3v) is 3.42. The van der Waals surface area contributed by atoms with Crippen LogP contribution in [0.25, 0.3) is 11.4 Å². The molecular formula is C17H23N3O2. The highest BCUT2D eigenvalue weighted by Gasteiger charge is 2.07. The van der Waals surface area contributed by atoms with Crippen molar-refractivity contribution in [3.63, 3.8) is 0 Å². The average molecular weight is 301 g/mol. The number of hydrogen-bond acceptors (Lipinski definition) is 3. The highest BCUT2D eigenvalue weighted by atomic mass is 16.5. The predicted molar refractivity (Wildman–Crippen MR) is 87.9 cm³/mol. The van der Waals surface area contributed by atoms with Gasteiger partial charge in [-0.25, -0.2) is 4.98 Å². The topological polar surface area (TPSA) is 67.0 Å². The van der Waals surface area contributed by atoms with Crippen LogP contribution in [-0.4, -0.2) is 29.1 Å². The molecule has 2 N–H and O–H groups in total. The zero-order valence-corrected chi connectivity index (χ0v) is 13.4. The van der Waals surface area contributed by atoms with Gasteiger partial charge in [0.25, 0.3) is 0 Å². The second-order valence-electron chi connectivity index (χ2n) is 5.33. The summed E-state index contributed by atoms with van der Waals surface area (Å²) in [6, 6.07) is 7.62. The van der Waals surface area contributed by atoms with Crippen LogP contribution in [0.15, 0.2) is 24.3 Å². The van der Waals surface area contributed by atoms with Crippen molar-refractivity contribution < 1.29 is 9.53 Å². The van der Waals surface area contributed by atoms with Gasteiger partial charge >= 0.3 is 0 Å². The molecule has 0 aliphatic carbocycles. The Labute approximate surface area is 131 Å². The van der Waals surface area contributed by atoms with E-state index in [1.807, 2.05) is 38.1 Å². The molecule has 1 amide bonds. The van der Waals surface area contributed by atoms with E-state index in [9.17, 15) is 4.79 Å². The number of nitrogens with one attached hydrogen (secondary N) is 2. The van der Waals surface area contributed by atoms with Crippen LogP contribution >= 0.6 is 0 Å². The summed E-state index contributed by atoms with van der Waals surface area (Å²) < 4.78 is 5.31. The van der Waals surface area contributed by atoms with E-state index in [1.165, 1.54) is 0 Å². The molecule has 0 saturated heterocycles. The molecule has 0 bridgehead atoms. The number of aromatic nitrogens is 2. The molecule has 118 valence electrons. The fourth-order valence-electron chi connectivity index (χ4n) is 2.04. The standard InChI is InChI=1S/C17H23N3O2/c1-4-5-9-22-11-16(21)20-15-8-6-7-14(10-15)17-18-12(2)13(3)19-17/h6-8,10H,4-5,9,11H2,1-3H3,(H,18,19)(H,20,21). The molecule has 5 heteroatoms. The highest BCUT2D eigenvalue weighted by Crippen LogP contribution is 2.21. The van der Waals surface area contributed by atoms with E-state index in [-0.39, 0.29) is 12.5 Å². The Morgan fingerprint density at radius 2 is 2.18 bits per heavy atom. The zero-order chi connectivity index (χ0) is 15.9. The van der Waals surface area contributed by atoms with Crippen LogP contribution in [0.5, 0.6) is 0 Å². The Morgan fingerprint density at radius 3 is 2.86 bits per heavy atom. The van der Waals surface area contributed by atoms with E-state index in [0.717, 1.165) is 41.3 Å². The number of H-pyrrole nitrogens is 1. The lowest BCUT2D eigenvalue weighted by Crippen LogP contribution is -2.18. The summed E-state index contributed by atoms with van der Waals surface area (Å²) in [5.74, 6) is 0.672. The molecule has 0 radical (unpaired) electrons. The fourth-order valence-corrected chi connectivity index (χ4v) is 2.04. The van der Waals surface area contributed by atoms with E-state index in [1.54, 1.807) is 0 Å². The van der Waals surface area contributed by atoms with Crippen LogP contribution in [0.1, 0.15) is 31.2 Å². The van der Waals surface area contributed by atoms with Crippen LogP contribution in [0.4, 0.5) is 5.69 Å². The number of carbonyl (C=O) groups is 1. The molecule has 0 aliphatic heterocycles. The molecule has 0 fully saturated rings. The Hall–Kier alpha value is -2.14. The van der Waals surface area contributed by atoms with Gasteiger partial charge in [-0.05, 0) is 32.4 Å². The molecule has 1 heterocycles. The van der Waals surface area contributed by atoms with Gasteiger partial charge in [0.2, 0.25) is 5.91 Å². The third kappa shape index (κ3) is 4.43. The number of imidazole rings is 1. The van der Waals surface area contributed by atoms with Gasteiger partial charge in [-0.2, -0.15) is 0 Å². The van der Waals surface area contributed by atoms with Gasteiger partial charge in [0.15, 0.2) is 0 Å². The second-order valence-corrected chi connectivity index (χ2v) is 5.33. The number of hydrogen-bond donors (Lipinski definition) is 2. The van der Waals surface area contributed by atoms with Gasteiger partial charge in [-0.1, -0.05) is 25.5 Å². The lowest BCUT2D eigenvalue weighted by molar-refractivity contribution is -0.120. The maximum absolute atomic E-state index is 11.8. The highest BCUT2D eigenvalue weighted by molar-refractivity contribution is 5.92. The molecule has 0 atom stereocenters. The molecule has 2 rings (SSSR count). The van der Waals surface area contributed by atoms with Crippen molar-refractivity contribution in [1.29, 1.82) is 0 Å². The van der Waals surface area contributed by atoms with Crippen LogP contribution in [-0.2, 0) is 9.53 Å². The number of aromatic amines is 1. The summed E-state index contributed by atoms with van der Waals surface area (Å²) in [4.78, 5) is 19.5. The summed E-state index contributed by atoms with van der Waals surface area (Å²) >= 11 is 0. The Kier molecular flexibility index (Phi) is 5.72. The molecule has 1 aromatic carbocycles. The molecule has 5 nitrogen and oxygen atoms in total. The number of unbranched alkanes of at least 4 members (excludes halogenated alkanes) is 1. The number of anilines is 1. The van der Waals surface area contributed by atoms with Gasteiger partial charge in [-0.3, -0.25) is 4.79 Å². The van der Waals surface area contributed by atoms with Crippen molar-refractivity contribution in [3.05, 3.63) is 35.7 Å². The van der Waals surface area contributed by atoms with Crippen molar-refractivity contribution in [2.24, 2.45) is 0 Å². The lowest BCUT2D eigenvalue weighted by atomic mass is 10.2. The molecule has 0 spiro atoms. The molecular weight excluding hydrogens is 278 g/mol. The minimum Gasteiger partial charge on any atom is -0.372 e. The number of aryl methyl sites for hydroxylation is 2. The van der Waals surface area contributed by atoms with Gasteiger partial charge in [-0.15, -0.1) is 0 Å². The lowest BCUT2D eigenvalue weighted by Gasteiger charge is -2.07. The van der Waals surface area contributed by atoms with Crippen molar-refractivity contribution >= 4 is 11.6 Å². The quantitative estimate of drug-likeness (QED) is 0.770. The summed E-state index contributed by atoms with van der Waals surface area (Å²) in [6.07, 6.45) is 2.03. The number of benzene rings is 1. The summed E-state index contributed by atoms with van der Waals surface area (Å²) in [5, 5.41) is 2.84. The number of amides is 1. The van der Waals surface area contributed by atoms with Crippen molar-refractivity contribution in [2.75, 3.05) is 18.5 Å². The zero-order valence-electron chi connectivity index (χ0n) is 13.4. The van der Waals surface area contributed by atoms with E-state index >= 15 is 0 Å². The van der Waals surface area contributed by atoms with Crippen LogP contribution < -0.4 is 5.32 Å². The first-order valence-corrected chi connectivity index (χ1v) is 7.61. The SMILES string of the molecule is CCCCOCC(=O)Nc1cccc(-c2nc(C)c(C)[nH]2)c1. The van der Waals surface area contributed by atoms with E-state index < -0.39 is 0 Å². The van der Waals surface area contributed by atoms with Gasteiger partial charge in [0.05, 0.1) is 5.69 Å². The van der Waals surface area contributed by atoms with E-state index in [4.69, 9.17) is 4.74 Å².